The number of rotatable bonds is 7. The van der Waals surface area contributed by atoms with Gasteiger partial charge in [0.15, 0.2) is 0 Å². The first-order valence-electron chi connectivity index (χ1n) is 9.42. The molecule has 1 aliphatic carbocycles. The number of H-pyrrole nitrogens is 1. The molecule has 26 heavy (non-hydrogen) atoms. The Morgan fingerprint density at radius 3 is 2.92 bits per heavy atom. The van der Waals surface area contributed by atoms with Crippen LogP contribution in [0.3, 0.4) is 0 Å². The average molecular weight is 356 g/mol. The smallest absolute Gasteiger partial charge is 0.223 e. The molecule has 0 aliphatic heterocycles. The first kappa shape index (κ1) is 18.6. The molecule has 2 aromatic rings. The van der Waals surface area contributed by atoms with Crippen LogP contribution >= 0.6 is 0 Å². The van der Waals surface area contributed by atoms with Gasteiger partial charge in [-0.1, -0.05) is 37.3 Å². The second kappa shape index (κ2) is 8.96. The molecule has 1 aromatic heterocycles. The quantitative estimate of drug-likeness (QED) is 0.711. The van der Waals surface area contributed by atoms with E-state index < -0.39 is 0 Å². The summed E-state index contributed by atoms with van der Waals surface area (Å²) in [5.74, 6) is 0.0334. The molecule has 6 heteroatoms. The van der Waals surface area contributed by atoms with E-state index in [4.69, 9.17) is 10.5 Å². The normalized spacial score (nSPS) is 22.9. The fourth-order valence-corrected chi connectivity index (χ4v) is 3.39. The zero-order chi connectivity index (χ0) is 18.4. The first-order chi connectivity index (χ1) is 12.7. The highest BCUT2D eigenvalue weighted by Crippen LogP contribution is 2.26. The number of amides is 1. The maximum atomic E-state index is 12.5. The van der Waals surface area contributed by atoms with Gasteiger partial charge in [-0.2, -0.15) is 5.10 Å². The summed E-state index contributed by atoms with van der Waals surface area (Å²) < 4.78 is 5.82. The van der Waals surface area contributed by atoms with Crippen LogP contribution in [-0.4, -0.2) is 34.9 Å². The van der Waals surface area contributed by atoms with E-state index in [1.807, 2.05) is 36.4 Å². The lowest BCUT2D eigenvalue weighted by atomic mass is 9.83. The molecule has 140 valence electrons. The number of nitrogens with two attached hydrogens (primary N) is 1. The van der Waals surface area contributed by atoms with Gasteiger partial charge in [0.1, 0.15) is 0 Å². The standard InChI is InChI=1S/C20H28N4O2/c1-2-10-26-19-11-15(8-9-17(19)21)20(25)22-13-16-12-18(24-23-16)14-6-4-3-5-7-14/h3-7,12,15,17,19H,2,8-11,13,21H2,1H3,(H,22,25)(H,23,24)/t15-,17-,19-/m0/s1. The monoisotopic (exact) mass is 356 g/mol. The fourth-order valence-electron chi connectivity index (χ4n) is 3.39. The van der Waals surface area contributed by atoms with Gasteiger partial charge in [-0.25, -0.2) is 0 Å². The molecule has 1 saturated carbocycles. The van der Waals surface area contributed by atoms with Crippen molar-refractivity contribution in [3.8, 4) is 11.3 Å². The van der Waals surface area contributed by atoms with Crippen molar-refractivity contribution in [1.29, 1.82) is 0 Å². The van der Waals surface area contributed by atoms with Gasteiger partial charge < -0.3 is 15.8 Å². The summed E-state index contributed by atoms with van der Waals surface area (Å²) in [5.41, 5.74) is 8.96. The third kappa shape index (κ3) is 4.71. The van der Waals surface area contributed by atoms with Gasteiger partial charge in [0.2, 0.25) is 5.91 Å². The number of nitrogens with zero attached hydrogens (tertiary/aromatic N) is 1. The number of hydrogen-bond acceptors (Lipinski definition) is 4. The minimum Gasteiger partial charge on any atom is -0.377 e. The number of nitrogens with one attached hydrogen (secondary N) is 2. The van der Waals surface area contributed by atoms with E-state index in [1.54, 1.807) is 0 Å². The molecule has 0 bridgehead atoms. The summed E-state index contributed by atoms with van der Waals surface area (Å²) in [6.07, 6.45) is 3.29. The molecule has 3 atom stereocenters. The van der Waals surface area contributed by atoms with Crippen LogP contribution in [0, 0.1) is 5.92 Å². The van der Waals surface area contributed by atoms with Gasteiger partial charge in [-0.15, -0.1) is 0 Å². The number of hydrogen-bond donors (Lipinski definition) is 3. The molecule has 3 rings (SSSR count). The highest BCUT2D eigenvalue weighted by Gasteiger charge is 2.32. The van der Waals surface area contributed by atoms with Crippen molar-refractivity contribution in [1.82, 2.24) is 15.5 Å². The fraction of sp³-hybridized carbons (Fsp3) is 0.500. The lowest BCUT2D eigenvalue weighted by molar-refractivity contribution is -0.128. The molecule has 1 aliphatic rings. The predicted molar refractivity (Wildman–Crippen MR) is 101 cm³/mol. The molecule has 1 amide bonds. The van der Waals surface area contributed by atoms with E-state index in [2.05, 4.69) is 22.4 Å². The van der Waals surface area contributed by atoms with Gasteiger partial charge in [-0.3, -0.25) is 9.89 Å². The van der Waals surface area contributed by atoms with E-state index in [1.165, 1.54) is 0 Å². The molecule has 0 spiro atoms. The van der Waals surface area contributed by atoms with Crippen LogP contribution in [-0.2, 0) is 16.1 Å². The molecule has 1 fully saturated rings. The zero-order valence-electron chi connectivity index (χ0n) is 15.3. The highest BCUT2D eigenvalue weighted by atomic mass is 16.5. The average Bonchev–Trinajstić information content (AvgIpc) is 3.15. The third-order valence-electron chi connectivity index (χ3n) is 4.90. The summed E-state index contributed by atoms with van der Waals surface area (Å²) in [5, 5.41) is 10.3. The Hall–Kier alpha value is -2.18. The molecule has 6 nitrogen and oxygen atoms in total. The Morgan fingerprint density at radius 1 is 1.35 bits per heavy atom. The Bertz CT molecular complexity index is 701. The number of ether oxygens (including phenoxy) is 1. The number of carbonyl (C=O) groups excluding carboxylic acids is 1. The molecule has 4 N–H and O–H groups in total. The van der Waals surface area contributed by atoms with Crippen LogP contribution in [0.25, 0.3) is 11.3 Å². The molecule has 0 unspecified atom stereocenters. The summed E-state index contributed by atoms with van der Waals surface area (Å²) in [7, 11) is 0. The Morgan fingerprint density at radius 2 is 2.15 bits per heavy atom. The van der Waals surface area contributed by atoms with Crippen molar-refractivity contribution in [2.75, 3.05) is 6.61 Å². The topological polar surface area (TPSA) is 93.0 Å². The molecule has 0 saturated heterocycles. The Balaban J connectivity index is 1.52. The van der Waals surface area contributed by atoms with E-state index in [-0.39, 0.29) is 24.0 Å². The van der Waals surface area contributed by atoms with Gasteiger partial charge in [0.25, 0.3) is 0 Å². The van der Waals surface area contributed by atoms with Gasteiger partial charge >= 0.3 is 0 Å². The van der Waals surface area contributed by atoms with E-state index >= 15 is 0 Å². The van der Waals surface area contributed by atoms with Crippen LogP contribution < -0.4 is 11.1 Å². The summed E-state index contributed by atoms with van der Waals surface area (Å²) in [6.45, 7) is 3.22. The van der Waals surface area contributed by atoms with E-state index in [0.717, 1.165) is 36.2 Å². The lowest BCUT2D eigenvalue weighted by Gasteiger charge is -2.33. The summed E-state index contributed by atoms with van der Waals surface area (Å²) in [4.78, 5) is 12.5. The largest absolute Gasteiger partial charge is 0.377 e. The third-order valence-corrected chi connectivity index (χ3v) is 4.90. The minimum atomic E-state index is -0.0341. The van der Waals surface area contributed by atoms with Crippen molar-refractivity contribution in [2.24, 2.45) is 11.7 Å². The van der Waals surface area contributed by atoms with Gasteiger partial charge in [-0.05, 0) is 31.7 Å². The SMILES string of the molecule is CCCO[C@H]1C[C@@H](C(=O)NCc2cc(-c3ccccc3)n[nH]2)CC[C@@H]1N. The highest BCUT2D eigenvalue weighted by molar-refractivity contribution is 5.78. The van der Waals surface area contributed by atoms with Crippen molar-refractivity contribution in [2.45, 2.75) is 51.3 Å². The van der Waals surface area contributed by atoms with Gasteiger partial charge in [0.05, 0.1) is 24.0 Å². The number of benzene rings is 1. The summed E-state index contributed by atoms with van der Waals surface area (Å²) >= 11 is 0. The minimum absolute atomic E-state index is 0.0173. The van der Waals surface area contributed by atoms with Crippen molar-refractivity contribution in [3.63, 3.8) is 0 Å². The molecule has 0 radical (unpaired) electrons. The van der Waals surface area contributed by atoms with Crippen LogP contribution in [0.1, 0.15) is 38.3 Å². The lowest BCUT2D eigenvalue weighted by Crippen LogP contribution is -2.45. The van der Waals surface area contributed by atoms with Crippen LogP contribution in [0.2, 0.25) is 0 Å². The van der Waals surface area contributed by atoms with Crippen LogP contribution in [0.15, 0.2) is 36.4 Å². The zero-order valence-corrected chi connectivity index (χ0v) is 15.3. The van der Waals surface area contributed by atoms with Crippen molar-refractivity contribution >= 4 is 5.91 Å². The number of aromatic nitrogens is 2. The summed E-state index contributed by atoms with van der Waals surface area (Å²) in [6, 6.07) is 12.0. The first-order valence-corrected chi connectivity index (χ1v) is 9.42. The maximum absolute atomic E-state index is 12.5. The maximum Gasteiger partial charge on any atom is 0.223 e. The van der Waals surface area contributed by atoms with Crippen molar-refractivity contribution in [3.05, 3.63) is 42.1 Å². The predicted octanol–water partition coefficient (Wildman–Crippen LogP) is 2.62. The van der Waals surface area contributed by atoms with Crippen molar-refractivity contribution < 1.29 is 9.53 Å². The number of aromatic amines is 1. The molecule has 1 heterocycles. The van der Waals surface area contributed by atoms with Crippen LogP contribution in [0.5, 0.6) is 0 Å². The second-order valence-electron chi connectivity index (χ2n) is 6.95. The number of carbonyl (C=O) groups is 1. The molecular formula is C20H28N4O2. The Kier molecular flexibility index (Phi) is 6.41. The van der Waals surface area contributed by atoms with E-state index in [9.17, 15) is 4.79 Å². The second-order valence-corrected chi connectivity index (χ2v) is 6.95. The van der Waals surface area contributed by atoms with E-state index in [0.29, 0.717) is 19.6 Å². The molecular weight excluding hydrogens is 328 g/mol. The van der Waals surface area contributed by atoms with Gasteiger partial charge in [0, 0.05) is 24.1 Å². The van der Waals surface area contributed by atoms with Crippen LogP contribution in [0.4, 0.5) is 0 Å². The molecule has 1 aromatic carbocycles. The Labute approximate surface area is 154 Å².